The summed E-state index contributed by atoms with van der Waals surface area (Å²) in [5, 5.41) is 10.7. The summed E-state index contributed by atoms with van der Waals surface area (Å²) >= 11 is 0. The fourth-order valence-corrected chi connectivity index (χ4v) is 4.41. The topological polar surface area (TPSA) is 20.2 Å². The minimum atomic E-state index is -0.437. The minimum absolute atomic E-state index is 0.160. The van der Waals surface area contributed by atoms with Gasteiger partial charge in [-0.05, 0) is 49.4 Å². The molecule has 0 amide bonds. The predicted octanol–water partition coefficient (Wildman–Crippen LogP) is 3.75. The molecule has 0 aromatic carbocycles. The van der Waals surface area contributed by atoms with Gasteiger partial charge in [-0.3, -0.25) is 0 Å². The van der Waals surface area contributed by atoms with Gasteiger partial charge >= 0.3 is 0 Å². The van der Waals surface area contributed by atoms with E-state index in [9.17, 15) is 5.11 Å². The summed E-state index contributed by atoms with van der Waals surface area (Å²) in [6.45, 7) is 9.20. The molecule has 0 aromatic rings. The number of rotatable bonds is 0. The maximum absolute atomic E-state index is 10.7. The first kappa shape index (κ1) is 11.4. The zero-order valence-corrected chi connectivity index (χ0v) is 10.8. The molecule has 0 radical (unpaired) electrons. The summed E-state index contributed by atoms with van der Waals surface area (Å²) in [7, 11) is 0. The number of hydrogen-bond donors (Lipinski definition) is 1. The maximum atomic E-state index is 10.7. The lowest BCUT2D eigenvalue weighted by molar-refractivity contribution is -0.173. The second kappa shape index (κ2) is 3.23. The lowest BCUT2D eigenvalue weighted by atomic mass is 9.47. The molecule has 2 rings (SSSR count). The molecule has 2 aliphatic rings. The molecule has 2 aliphatic carbocycles. The Labute approximate surface area is 94.3 Å². The third kappa shape index (κ3) is 1.54. The van der Waals surface area contributed by atoms with Gasteiger partial charge in [0.15, 0.2) is 0 Å². The van der Waals surface area contributed by atoms with Crippen LogP contribution in [0.1, 0.15) is 66.2 Å². The van der Waals surface area contributed by atoms with E-state index in [-0.39, 0.29) is 5.41 Å². The zero-order valence-electron chi connectivity index (χ0n) is 10.8. The van der Waals surface area contributed by atoms with Crippen LogP contribution in [0.5, 0.6) is 0 Å². The molecule has 3 atom stereocenters. The van der Waals surface area contributed by atoms with Crippen molar-refractivity contribution >= 4 is 0 Å². The Balaban J connectivity index is 2.36. The van der Waals surface area contributed by atoms with Crippen LogP contribution in [0.2, 0.25) is 0 Å². The van der Waals surface area contributed by atoms with E-state index >= 15 is 0 Å². The van der Waals surface area contributed by atoms with Crippen LogP contribution in [0.25, 0.3) is 0 Å². The summed E-state index contributed by atoms with van der Waals surface area (Å²) < 4.78 is 0. The van der Waals surface area contributed by atoms with Crippen molar-refractivity contribution in [2.45, 2.75) is 71.8 Å². The van der Waals surface area contributed by atoms with Crippen LogP contribution >= 0.6 is 0 Å². The molecular formula is C14H26O. The Morgan fingerprint density at radius 1 is 0.933 bits per heavy atom. The number of fused-ring (bicyclic) bond motifs is 1. The van der Waals surface area contributed by atoms with Crippen molar-refractivity contribution in [2.24, 2.45) is 16.7 Å². The molecular weight excluding hydrogens is 184 g/mol. The zero-order chi connectivity index (χ0) is 11.3. The molecule has 0 aromatic heterocycles. The minimum Gasteiger partial charge on any atom is -0.390 e. The summed E-state index contributed by atoms with van der Waals surface area (Å²) in [6, 6.07) is 0. The lowest BCUT2D eigenvalue weighted by Crippen LogP contribution is -2.57. The van der Waals surface area contributed by atoms with E-state index in [0.717, 1.165) is 6.42 Å². The predicted molar refractivity (Wildman–Crippen MR) is 63.7 cm³/mol. The fraction of sp³-hybridized carbons (Fsp3) is 1.00. The number of hydrogen-bond acceptors (Lipinski definition) is 1. The highest BCUT2D eigenvalue weighted by atomic mass is 16.3. The van der Waals surface area contributed by atoms with Crippen molar-refractivity contribution in [2.75, 3.05) is 0 Å². The van der Waals surface area contributed by atoms with Gasteiger partial charge in [0.1, 0.15) is 0 Å². The Morgan fingerprint density at radius 2 is 1.60 bits per heavy atom. The van der Waals surface area contributed by atoms with Crippen molar-refractivity contribution in [3.63, 3.8) is 0 Å². The Morgan fingerprint density at radius 3 is 2.20 bits per heavy atom. The van der Waals surface area contributed by atoms with E-state index in [4.69, 9.17) is 0 Å². The van der Waals surface area contributed by atoms with E-state index in [0.29, 0.717) is 11.3 Å². The highest BCUT2D eigenvalue weighted by Gasteiger charge is 2.56. The maximum Gasteiger partial charge on any atom is 0.0675 e. The first-order valence-corrected chi connectivity index (χ1v) is 6.52. The summed E-state index contributed by atoms with van der Waals surface area (Å²) in [5.41, 5.74) is 0.151. The van der Waals surface area contributed by atoms with E-state index in [1.54, 1.807) is 0 Å². The molecule has 3 unspecified atom stereocenters. The third-order valence-corrected chi connectivity index (χ3v) is 5.62. The van der Waals surface area contributed by atoms with Crippen molar-refractivity contribution in [3.8, 4) is 0 Å². The van der Waals surface area contributed by atoms with Crippen LogP contribution in [0.4, 0.5) is 0 Å². The molecule has 0 saturated heterocycles. The standard InChI is InChI=1S/C14H26O/c1-12(2)8-6-9-13(3)11(12)7-5-10-14(13,4)15/h11,15H,5-10H2,1-4H3. The first-order valence-electron chi connectivity index (χ1n) is 6.52. The van der Waals surface area contributed by atoms with Crippen molar-refractivity contribution in [1.29, 1.82) is 0 Å². The Hall–Kier alpha value is -0.0400. The van der Waals surface area contributed by atoms with Crippen LogP contribution in [0.15, 0.2) is 0 Å². The molecule has 2 saturated carbocycles. The second-order valence-corrected chi connectivity index (χ2v) is 6.98. The molecule has 15 heavy (non-hydrogen) atoms. The first-order chi connectivity index (χ1) is 6.80. The van der Waals surface area contributed by atoms with Crippen LogP contribution in [0.3, 0.4) is 0 Å². The molecule has 2 fully saturated rings. The van der Waals surface area contributed by atoms with Gasteiger partial charge in [-0.1, -0.05) is 33.6 Å². The van der Waals surface area contributed by atoms with Crippen LogP contribution in [-0.4, -0.2) is 10.7 Å². The van der Waals surface area contributed by atoms with E-state index in [1.165, 1.54) is 32.1 Å². The lowest BCUT2D eigenvalue weighted by Gasteiger charge is -2.60. The SMILES string of the molecule is CC1(C)CCCC2(C)C1CCCC2(C)O. The highest BCUT2D eigenvalue weighted by Crippen LogP contribution is 2.60. The van der Waals surface area contributed by atoms with E-state index in [2.05, 4.69) is 27.7 Å². The molecule has 88 valence electrons. The van der Waals surface area contributed by atoms with Crippen LogP contribution < -0.4 is 0 Å². The van der Waals surface area contributed by atoms with E-state index in [1.807, 2.05) is 0 Å². The van der Waals surface area contributed by atoms with Gasteiger partial charge in [0.2, 0.25) is 0 Å². The van der Waals surface area contributed by atoms with Gasteiger partial charge in [-0.15, -0.1) is 0 Å². The Kier molecular flexibility index (Phi) is 2.46. The monoisotopic (exact) mass is 210 g/mol. The van der Waals surface area contributed by atoms with Crippen LogP contribution in [0, 0.1) is 16.7 Å². The smallest absolute Gasteiger partial charge is 0.0675 e. The highest BCUT2D eigenvalue weighted by molar-refractivity contribution is 5.06. The number of aliphatic hydroxyl groups is 1. The molecule has 1 nitrogen and oxygen atoms in total. The fourth-order valence-electron chi connectivity index (χ4n) is 4.41. The molecule has 0 spiro atoms. The molecule has 0 aliphatic heterocycles. The average molecular weight is 210 g/mol. The summed E-state index contributed by atoms with van der Waals surface area (Å²) in [4.78, 5) is 0. The summed E-state index contributed by atoms with van der Waals surface area (Å²) in [6.07, 6.45) is 7.36. The molecule has 0 heterocycles. The third-order valence-electron chi connectivity index (χ3n) is 5.62. The molecule has 1 heteroatoms. The normalized spacial score (nSPS) is 49.8. The van der Waals surface area contributed by atoms with Gasteiger partial charge in [0.05, 0.1) is 5.60 Å². The molecule has 0 bridgehead atoms. The largest absolute Gasteiger partial charge is 0.390 e. The van der Waals surface area contributed by atoms with Crippen LogP contribution in [-0.2, 0) is 0 Å². The quantitative estimate of drug-likeness (QED) is 0.645. The van der Waals surface area contributed by atoms with E-state index < -0.39 is 5.60 Å². The molecule has 1 N–H and O–H groups in total. The van der Waals surface area contributed by atoms with Gasteiger partial charge in [-0.25, -0.2) is 0 Å². The van der Waals surface area contributed by atoms with Crippen molar-refractivity contribution in [3.05, 3.63) is 0 Å². The van der Waals surface area contributed by atoms with Gasteiger partial charge in [0.25, 0.3) is 0 Å². The van der Waals surface area contributed by atoms with Gasteiger partial charge < -0.3 is 5.11 Å². The average Bonchev–Trinajstić information content (AvgIpc) is 2.07. The second-order valence-electron chi connectivity index (χ2n) is 6.98. The van der Waals surface area contributed by atoms with Gasteiger partial charge in [-0.2, -0.15) is 0 Å². The van der Waals surface area contributed by atoms with Crippen molar-refractivity contribution in [1.82, 2.24) is 0 Å². The van der Waals surface area contributed by atoms with Crippen molar-refractivity contribution < 1.29 is 5.11 Å². The summed E-state index contributed by atoms with van der Waals surface area (Å²) in [5.74, 6) is 0.711. The Bertz CT molecular complexity index is 254. The van der Waals surface area contributed by atoms with Gasteiger partial charge in [0, 0.05) is 0 Å².